The van der Waals surface area contributed by atoms with Crippen LogP contribution in [0.2, 0.25) is 0 Å². The van der Waals surface area contributed by atoms with E-state index < -0.39 is 20.8 Å². The molecule has 0 amide bonds. The number of nitrogens with zero attached hydrogens (tertiary/aromatic N) is 1. The first-order chi connectivity index (χ1) is 10.8. The molecule has 122 valence electrons. The van der Waals surface area contributed by atoms with Crippen LogP contribution in [0, 0.1) is 5.41 Å². The second-order valence-corrected chi connectivity index (χ2v) is 9.48. The molecule has 1 aromatic carbocycles. The number of hydrogen-bond acceptors (Lipinski definition) is 4. The van der Waals surface area contributed by atoms with Crippen molar-refractivity contribution in [1.82, 2.24) is 9.62 Å². The van der Waals surface area contributed by atoms with Crippen molar-refractivity contribution in [3.05, 3.63) is 56.7 Å². The minimum Gasteiger partial charge on any atom is -0.344 e. The number of rotatable bonds is 2. The number of guanidine groups is 1. The average molecular weight is 414 g/mol. The number of thiophene rings is 1. The number of halogens is 1. The van der Waals surface area contributed by atoms with Gasteiger partial charge in [0.05, 0.1) is 5.54 Å². The van der Waals surface area contributed by atoms with Gasteiger partial charge < -0.3 is 5.32 Å². The van der Waals surface area contributed by atoms with E-state index in [0.717, 1.165) is 13.7 Å². The van der Waals surface area contributed by atoms with E-state index in [1.165, 1.54) is 18.4 Å². The van der Waals surface area contributed by atoms with Crippen LogP contribution in [0.1, 0.15) is 22.6 Å². The van der Waals surface area contributed by atoms with Crippen LogP contribution in [0.25, 0.3) is 0 Å². The molecule has 0 radical (unpaired) electrons. The average Bonchev–Trinajstić information content (AvgIpc) is 2.93. The normalized spacial score (nSPS) is 26.8. The number of nitrogens with one attached hydrogen (secondary N) is 2. The second kappa shape index (κ2) is 5.61. The third-order valence-corrected chi connectivity index (χ3v) is 8.29. The van der Waals surface area contributed by atoms with Crippen LogP contribution in [0.15, 0.2) is 46.3 Å². The highest BCUT2D eigenvalue weighted by Crippen LogP contribution is 2.46. The van der Waals surface area contributed by atoms with Gasteiger partial charge in [0.1, 0.15) is 5.25 Å². The fraction of sp³-hybridized carbons (Fsp3) is 0.267. The third kappa shape index (κ3) is 2.58. The summed E-state index contributed by atoms with van der Waals surface area (Å²) in [7, 11) is -2.31. The predicted molar refractivity (Wildman–Crippen MR) is 96.1 cm³/mol. The Balaban J connectivity index is 2.25. The fourth-order valence-corrected chi connectivity index (χ4v) is 6.43. The molecule has 1 aliphatic heterocycles. The van der Waals surface area contributed by atoms with Crippen LogP contribution < -0.4 is 5.32 Å². The number of benzene rings is 1. The lowest BCUT2D eigenvalue weighted by Gasteiger charge is -2.45. The highest BCUT2D eigenvalue weighted by Gasteiger charge is 2.52. The van der Waals surface area contributed by atoms with Gasteiger partial charge in [-0.15, -0.1) is 11.3 Å². The topological polar surface area (TPSA) is 73.3 Å². The molecule has 1 fully saturated rings. The van der Waals surface area contributed by atoms with Crippen molar-refractivity contribution in [2.75, 3.05) is 7.05 Å². The van der Waals surface area contributed by atoms with Crippen molar-refractivity contribution in [3.8, 4) is 0 Å². The molecule has 2 heterocycles. The summed E-state index contributed by atoms with van der Waals surface area (Å²) in [4.78, 5) is 0.861. The molecule has 1 aliphatic rings. The van der Waals surface area contributed by atoms with Gasteiger partial charge in [0, 0.05) is 21.8 Å². The third-order valence-electron chi connectivity index (χ3n) is 4.08. The highest BCUT2D eigenvalue weighted by molar-refractivity contribution is 9.10. The van der Waals surface area contributed by atoms with Crippen LogP contribution in [-0.4, -0.2) is 25.7 Å². The number of hydrogen-bond donors (Lipinski definition) is 2. The van der Waals surface area contributed by atoms with E-state index in [-0.39, 0.29) is 5.96 Å². The zero-order valence-corrected chi connectivity index (χ0v) is 15.8. The summed E-state index contributed by atoms with van der Waals surface area (Å²) in [6.45, 7) is 1.84. The molecule has 1 aromatic heterocycles. The Kier molecular flexibility index (Phi) is 4.02. The standard InChI is InChI=1S/C15H16BrN3O2S2/c1-15(12-8-11(16)9-22-12)13(10-6-4-3-5-7-10)23(20,21)19(2)14(17)18-15/h3-9,13H,1-2H3,(H2,17,18)/t13-,15+/m0/s1. The molecular weight excluding hydrogens is 398 g/mol. The first kappa shape index (κ1) is 16.5. The molecule has 0 saturated carbocycles. The van der Waals surface area contributed by atoms with Gasteiger partial charge in [-0.25, -0.2) is 12.7 Å². The molecular formula is C15H16BrN3O2S2. The Morgan fingerprint density at radius 1 is 1.35 bits per heavy atom. The van der Waals surface area contributed by atoms with Crippen molar-refractivity contribution >= 4 is 43.2 Å². The first-order valence-corrected chi connectivity index (χ1v) is 10.1. The fourth-order valence-electron chi connectivity index (χ4n) is 2.88. The van der Waals surface area contributed by atoms with Crippen molar-refractivity contribution in [2.24, 2.45) is 0 Å². The molecule has 2 atom stereocenters. The minimum atomic E-state index is -3.71. The molecule has 2 N–H and O–H groups in total. The summed E-state index contributed by atoms with van der Waals surface area (Å²) in [6.07, 6.45) is 0. The molecule has 2 aromatic rings. The van der Waals surface area contributed by atoms with E-state index in [9.17, 15) is 8.42 Å². The zero-order valence-electron chi connectivity index (χ0n) is 12.6. The maximum absolute atomic E-state index is 13.1. The Labute approximate surface area is 148 Å². The van der Waals surface area contributed by atoms with Gasteiger partial charge in [0.15, 0.2) is 0 Å². The van der Waals surface area contributed by atoms with Gasteiger partial charge in [-0.1, -0.05) is 30.3 Å². The molecule has 8 heteroatoms. The Morgan fingerprint density at radius 3 is 2.57 bits per heavy atom. The van der Waals surface area contributed by atoms with Crippen LogP contribution in [0.5, 0.6) is 0 Å². The molecule has 1 saturated heterocycles. The van der Waals surface area contributed by atoms with Crippen LogP contribution in [0.3, 0.4) is 0 Å². The molecule has 23 heavy (non-hydrogen) atoms. The minimum absolute atomic E-state index is 0.121. The highest BCUT2D eigenvalue weighted by atomic mass is 79.9. The van der Waals surface area contributed by atoms with E-state index in [1.54, 1.807) is 0 Å². The van der Waals surface area contributed by atoms with Gasteiger partial charge in [-0.2, -0.15) is 0 Å². The zero-order chi connectivity index (χ0) is 16.8. The summed E-state index contributed by atoms with van der Waals surface area (Å²) in [5, 5.41) is 12.2. The quantitative estimate of drug-likeness (QED) is 0.792. The maximum atomic E-state index is 13.1. The predicted octanol–water partition coefficient (Wildman–Crippen LogP) is 3.27. The Morgan fingerprint density at radius 2 is 2.00 bits per heavy atom. The SMILES string of the molecule is CN1C(=N)N[C@](C)(c2cc(Br)cs2)[C@H](c2ccccc2)S1(=O)=O. The van der Waals surface area contributed by atoms with E-state index >= 15 is 0 Å². The molecule has 3 rings (SSSR count). The maximum Gasteiger partial charge on any atom is 0.246 e. The van der Waals surface area contributed by atoms with Gasteiger partial charge in [0.2, 0.25) is 16.0 Å². The van der Waals surface area contributed by atoms with Crippen molar-refractivity contribution in [2.45, 2.75) is 17.7 Å². The van der Waals surface area contributed by atoms with E-state index in [2.05, 4.69) is 21.2 Å². The summed E-state index contributed by atoms with van der Waals surface area (Å²) < 4.78 is 28.0. The lowest BCUT2D eigenvalue weighted by molar-refractivity contribution is 0.363. The summed E-state index contributed by atoms with van der Waals surface area (Å²) in [6, 6.07) is 11.0. The largest absolute Gasteiger partial charge is 0.344 e. The van der Waals surface area contributed by atoms with Gasteiger partial charge in [-0.05, 0) is 34.5 Å². The number of sulfonamides is 1. The smallest absolute Gasteiger partial charge is 0.246 e. The Hall–Kier alpha value is -1.38. The van der Waals surface area contributed by atoms with Crippen LogP contribution >= 0.6 is 27.3 Å². The monoisotopic (exact) mass is 413 g/mol. The van der Waals surface area contributed by atoms with Gasteiger partial charge in [-0.3, -0.25) is 5.41 Å². The first-order valence-electron chi connectivity index (χ1n) is 6.91. The lowest BCUT2D eigenvalue weighted by atomic mass is 9.90. The van der Waals surface area contributed by atoms with Crippen molar-refractivity contribution < 1.29 is 8.42 Å². The van der Waals surface area contributed by atoms with Crippen molar-refractivity contribution in [3.63, 3.8) is 0 Å². The van der Waals surface area contributed by atoms with Crippen LogP contribution in [-0.2, 0) is 15.6 Å². The van der Waals surface area contributed by atoms with Gasteiger partial charge in [0.25, 0.3) is 0 Å². The molecule has 0 unspecified atom stereocenters. The lowest BCUT2D eigenvalue weighted by Crippen LogP contribution is -2.61. The molecule has 5 nitrogen and oxygen atoms in total. The van der Waals surface area contributed by atoms with Gasteiger partial charge >= 0.3 is 0 Å². The summed E-state index contributed by atoms with van der Waals surface area (Å²) in [5.41, 5.74) is -0.216. The van der Waals surface area contributed by atoms with Crippen molar-refractivity contribution in [1.29, 1.82) is 5.41 Å². The molecule has 0 spiro atoms. The molecule has 0 aliphatic carbocycles. The van der Waals surface area contributed by atoms with Crippen LogP contribution in [0.4, 0.5) is 0 Å². The summed E-state index contributed by atoms with van der Waals surface area (Å²) in [5.74, 6) is -0.121. The van der Waals surface area contributed by atoms with E-state index in [1.807, 2.05) is 48.7 Å². The van der Waals surface area contributed by atoms with E-state index in [0.29, 0.717) is 5.56 Å². The summed E-state index contributed by atoms with van der Waals surface area (Å²) >= 11 is 4.89. The second-order valence-electron chi connectivity index (χ2n) is 5.61. The molecule has 0 bridgehead atoms. The van der Waals surface area contributed by atoms with E-state index in [4.69, 9.17) is 5.41 Å². The Bertz CT molecular complexity index is 851.